The van der Waals surface area contributed by atoms with Crippen LogP contribution in [0.1, 0.15) is 78.1 Å². The van der Waals surface area contributed by atoms with Gasteiger partial charge in [0.05, 0.1) is 0 Å². The number of ether oxygens (including phenoxy) is 1. The van der Waals surface area contributed by atoms with Crippen LogP contribution in [0.3, 0.4) is 0 Å². The Morgan fingerprint density at radius 1 is 0.952 bits per heavy atom. The zero-order valence-corrected chi connectivity index (χ0v) is 13.5. The van der Waals surface area contributed by atoms with Gasteiger partial charge < -0.3 is 15.6 Å². The van der Waals surface area contributed by atoms with Gasteiger partial charge in [-0.3, -0.25) is 4.79 Å². The Labute approximate surface area is 128 Å². The molecule has 0 aromatic carbocycles. The third-order valence-corrected chi connectivity index (χ3v) is 3.75. The van der Waals surface area contributed by atoms with Crippen molar-refractivity contribution in [3.63, 3.8) is 0 Å². The molecule has 1 amide bonds. The van der Waals surface area contributed by atoms with Crippen molar-refractivity contribution in [1.29, 1.82) is 0 Å². The monoisotopic (exact) mass is 301 g/mol. The van der Waals surface area contributed by atoms with Crippen LogP contribution < -0.4 is 5.73 Å². The molecule has 0 aliphatic heterocycles. The van der Waals surface area contributed by atoms with Crippen LogP contribution in [-0.4, -0.2) is 29.2 Å². The van der Waals surface area contributed by atoms with Gasteiger partial charge in [-0.05, 0) is 25.7 Å². The number of hydrogen-bond donors (Lipinski definition) is 2. The fourth-order valence-electron chi connectivity index (χ4n) is 2.43. The summed E-state index contributed by atoms with van der Waals surface area (Å²) in [7, 11) is 0. The quantitative estimate of drug-likeness (QED) is 0.482. The molecule has 0 spiro atoms. The molecule has 0 unspecified atom stereocenters. The van der Waals surface area contributed by atoms with Gasteiger partial charge in [0.1, 0.15) is 6.61 Å². The Kier molecular flexibility index (Phi) is 10.9. The van der Waals surface area contributed by atoms with Gasteiger partial charge in [0.15, 0.2) is 5.60 Å². The summed E-state index contributed by atoms with van der Waals surface area (Å²) >= 11 is 0. The molecule has 0 atom stereocenters. The number of rotatable bonds is 14. The number of aliphatic carboxylic acids is 1. The van der Waals surface area contributed by atoms with Gasteiger partial charge in [-0.1, -0.05) is 52.4 Å². The SMILES string of the molecule is CCCCCCC(CCCCCC)(OCC(N)=O)C(=O)O. The minimum atomic E-state index is -1.25. The lowest BCUT2D eigenvalue weighted by atomic mass is 9.89. The zero-order valence-electron chi connectivity index (χ0n) is 13.5. The van der Waals surface area contributed by atoms with E-state index in [1.165, 1.54) is 0 Å². The first-order valence-electron chi connectivity index (χ1n) is 8.14. The maximum Gasteiger partial charge on any atom is 0.335 e. The van der Waals surface area contributed by atoms with Crippen LogP contribution in [0.15, 0.2) is 0 Å². The van der Waals surface area contributed by atoms with E-state index < -0.39 is 17.5 Å². The first-order valence-corrected chi connectivity index (χ1v) is 8.14. The first kappa shape index (κ1) is 19.9. The molecule has 5 heteroatoms. The topological polar surface area (TPSA) is 89.6 Å². The van der Waals surface area contributed by atoms with Crippen molar-refractivity contribution in [2.75, 3.05) is 6.61 Å². The number of carbonyl (C=O) groups excluding carboxylic acids is 1. The lowest BCUT2D eigenvalue weighted by molar-refractivity contribution is -0.170. The lowest BCUT2D eigenvalue weighted by Crippen LogP contribution is -2.43. The number of carboxylic acid groups (broad SMARTS) is 1. The van der Waals surface area contributed by atoms with Gasteiger partial charge in [0, 0.05) is 0 Å². The van der Waals surface area contributed by atoms with Crippen molar-refractivity contribution in [3.05, 3.63) is 0 Å². The number of unbranched alkanes of at least 4 members (excludes halogenated alkanes) is 6. The molecule has 0 aromatic rings. The molecule has 0 aromatic heterocycles. The highest BCUT2D eigenvalue weighted by atomic mass is 16.5. The van der Waals surface area contributed by atoms with Crippen LogP contribution in [0.4, 0.5) is 0 Å². The molecule has 21 heavy (non-hydrogen) atoms. The maximum absolute atomic E-state index is 11.7. The van der Waals surface area contributed by atoms with Gasteiger partial charge in [-0.2, -0.15) is 0 Å². The fraction of sp³-hybridized carbons (Fsp3) is 0.875. The van der Waals surface area contributed by atoms with Crippen molar-refractivity contribution >= 4 is 11.9 Å². The van der Waals surface area contributed by atoms with Crippen molar-refractivity contribution in [3.8, 4) is 0 Å². The second kappa shape index (κ2) is 11.5. The molecule has 0 fully saturated rings. The first-order chi connectivity index (χ1) is 9.98. The number of carbonyl (C=O) groups is 2. The largest absolute Gasteiger partial charge is 0.479 e. The van der Waals surface area contributed by atoms with E-state index in [0.717, 1.165) is 51.4 Å². The summed E-state index contributed by atoms with van der Waals surface area (Å²) in [5.41, 5.74) is 3.84. The van der Waals surface area contributed by atoms with Crippen LogP contribution in [-0.2, 0) is 14.3 Å². The molecular weight excluding hydrogens is 270 g/mol. The van der Waals surface area contributed by atoms with E-state index in [-0.39, 0.29) is 6.61 Å². The molecule has 0 saturated heterocycles. The molecule has 124 valence electrons. The lowest BCUT2D eigenvalue weighted by Gasteiger charge is -2.29. The molecule has 0 rings (SSSR count). The summed E-state index contributed by atoms with van der Waals surface area (Å²) in [6.45, 7) is 3.89. The Hall–Kier alpha value is -1.10. The molecule has 5 nitrogen and oxygen atoms in total. The van der Waals surface area contributed by atoms with Gasteiger partial charge in [0.2, 0.25) is 5.91 Å². The smallest absolute Gasteiger partial charge is 0.335 e. The molecule has 0 radical (unpaired) electrons. The number of nitrogens with two attached hydrogens (primary N) is 1. The van der Waals surface area contributed by atoms with Crippen molar-refractivity contribution in [1.82, 2.24) is 0 Å². The van der Waals surface area contributed by atoms with Crippen LogP contribution in [0, 0.1) is 0 Å². The highest BCUT2D eigenvalue weighted by molar-refractivity contribution is 5.79. The van der Waals surface area contributed by atoms with Crippen molar-refractivity contribution < 1.29 is 19.4 Å². The van der Waals surface area contributed by atoms with Gasteiger partial charge >= 0.3 is 5.97 Å². The maximum atomic E-state index is 11.7. The molecule has 0 heterocycles. The third kappa shape index (κ3) is 8.71. The highest BCUT2D eigenvalue weighted by Crippen LogP contribution is 2.27. The molecule has 3 N–H and O–H groups in total. The Morgan fingerprint density at radius 3 is 1.76 bits per heavy atom. The van der Waals surface area contributed by atoms with Crippen LogP contribution in [0.25, 0.3) is 0 Å². The van der Waals surface area contributed by atoms with E-state index in [1.54, 1.807) is 0 Å². The van der Waals surface area contributed by atoms with Crippen LogP contribution in [0.2, 0.25) is 0 Å². The molecule has 0 aliphatic carbocycles. The summed E-state index contributed by atoms with van der Waals surface area (Å²) in [6.07, 6.45) is 8.82. The van der Waals surface area contributed by atoms with E-state index >= 15 is 0 Å². The molecule has 0 bridgehead atoms. The highest BCUT2D eigenvalue weighted by Gasteiger charge is 2.38. The second-order valence-electron chi connectivity index (χ2n) is 5.68. The van der Waals surface area contributed by atoms with E-state index in [1.807, 2.05) is 0 Å². The average Bonchev–Trinajstić information content (AvgIpc) is 2.44. The normalized spacial score (nSPS) is 11.5. The van der Waals surface area contributed by atoms with Crippen molar-refractivity contribution in [2.45, 2.75) is 83.7 Å². The summed E-state index contributed by atoms with van der Waals surface area (Å²) in [5.74, 6) is -1.60. The minimum Gasteiger partial charge on any atom is -0.479 e. The number of primary amides is 1. The molecule has 0 saturated carbocycles. The number of amides is 1. The van der Waals surface area contributed by atoms with Gasteiger partial charge in [0.25, 0.3) is 0 Å². The zero-order chi connectivity index (χ0) is 16.1. The standard InChI is InChI=1S/C16H31NO4/c1-3-5-7-9-11-16(15(19)20,21-13-14(17)18)12-10-8-6-4-2/h3-13H2,1-2H3,(H2,17,18)(H,19,20). The second-order valence-corrected chi connectivity index (χ2v) is 5.68. The average molecular weight is 301 g/mol. The van der Waals surface area contributed by atoms with E-state index in [0.29, 0.717) is 12.8 Å². The van der Waals surface area contributed by atoms with Gasteiger partial charge in [-0.15, -0.1) is 0 Å². The van der Waals surface area contributed by atoms with Gasteiger partial charge in [-0.25, -0.2) is 4.79 Å². The Bertz CT molecular complexity index is 293. The van der Waals surface area contributed by atoms with Crippen molar-refractivity contribution in [2.24, 2.45) is 5.73 Å². The Morgan fingerprint density at radius 2 is 1.43 bits per heavy atom. The predicted octanol–water partition coefficient (Wildman–Crippen LogP) is 3.25. The summed E-state index contributed by atoms with van der Waals surface area (Å²) < 4.78 is 5.44. The summed E-state index contributed by atoms with van der Waals surface area (Å²) in [6, 6.07) is 0. The molecule has 0 aliphatic rings. The number of hydrogen-bond acceptors (Lipinski definition) is 3. The predicted molar refractivity (Wildman–Crippen MR) is 83.0 cm³/mol. The van der Waals surface area contributed by atoms with E-state index in [4.69, 9.17) is 10.5 Å². The summed E-state index contributed by atoms with van der Waals surface area (Å²) in [4.78, 5) is 22.6. The Balaban J connectivity index is 4.62. The number of carboxylic acids is 1. The van der Waals surface area contributed by atoms with Crippen LogP contribution in [0.5, 0.6) is 0 Å². The van der Waals surface area contributed by atoms with E-state index in [9.17, 15) is 14.7 Å². The van der Waals surface area contributed by atoms with E-state index in [2.05, 4.69) is 13.8 Å². The fourth-order valence-corrected chi connectivity index (χ4v) is 2.43. The minimum absolute atomic E-state index is 0.326. The molecular formula is C16H31NO4. The van der Waals surface area contributed by atoms with Crippen LogP contribution >= 0.6 is 0 Å². The third-order valence-electron chi connectivity index (χ3n) is 3.75. The summed E-state index contributed by atoms with van der Waals surface area (Å²) in [5, 5.41) is 9.57.